The number of nitrogens with zero attached hydrogens (tertiary/aromatic N) is 2. The largest absolute Gasteiger partial charge is 0.352 e. The Morgan fingerprint density at radius 2 is 1.62 bits per heavy atom. The zero-order valence-electron chi connectivity index (χ0n) is 20.8. The lowest BCUT2D eigenvalue weighted by atomic mass is 10.0. The molecule has 0 saturated carbocycles. The predicted octanol–water partition coefficient (Wildman–Crippen LogP) is 3.87. The number of amides is 2. The van der Waals surface area contributed by atoms with Crippen LogP contribution in [0.4, 0.5) is 5.69 Å². The molecule has 0 radical (unpaired) electrons. The molecule has 0 aliphatic carbocycles. The number of hydrogen-bond donors (Lipinski definition) is 1. The highest BCUT2D eigenvalue weighted by atomic mass is 32.2. The molecule has 0 heterocycles. The summed E-state index contributed by atoms with van der Waals surface area (Å²) >= 11 is 0. The smallest absolute Gasteiger partial charge is 0.243 e. The number of para-hydroxylation sites is 1. The number of aryl methyl sites for hydroxylation is 1. The van der Waals surface area contributed by atoms with Crippen LogP contribution in [0, 0.1) is 6.92 Å². The predicted molar refractivity (Wildman–Crippen MR) is 137 cm³/mol. The summed E-state index contributed by atoms with van der Waals surface area (Å²) in [7, 11) is -3.49. The van der Waals surface area contributed by atoms with E-state index in [0.717, 1.165) is 17.4 Å². The SMILES string of the molecule is CC[C@@H](C(=O)NC(C)C)N(Cc1ccccc1C)C(=O)CCCN(c1ccccc1)S(C)(=O)=O. The Labute approximate surface area is 204 Å². The summed E-state index contributed by atoms with van der Waals surface area (Å²) in [6, 6.07) is 16.0. The van der Waals surface area contributed by atoms with Crippen molar-refractivity contribution in [2.45, 2.75) is 65.6 Å². The number of rotatable bonds is 12. The van der Waals surface area contributed by atoms with Gasteiger partial charge in [0.2, 0.25) is 21.8 Å². The highest BCUT2D eigenvalue weighted by Crippen LogP contribution is 2.20. The quantitative estimate of drug-likeness (QED) is 0.492. The van der Waals surface area contributed by atoms with Gasteiger partial charge in [0.05, 0.1) is 11.9 Å². The third kappa shape index (κ3) is 7.87. The molecule has 2 rings (SSSR count). The van der Waals surface area contributed by atoms with Gasteiger partial charge in [0, 0.05) is 25.6 Å². The molecule has 2 aromatic rings. The average Bonchev–Trinajstić information content (AvgIpc) is 2.77. The minimum Gasteiger partial charge on any atom is -0.352 e. The molecule has 0 fully saturated rings. The second-order valence-electron chi connectivity index (χ2n) is 8.81. The Balaban J connectivity index is 2.21. The number of carbonyl (C=O) groups is 2. The molecule has 0 unspecified atom stereocenters. The van der Waals surface area contributed by atoms with Crippen molar-refractivity contribution in [3.05, 3.63) is 65.7 Å². The fourth-order valence-electron chi connectivity index (χ4n) is 3.87. The van der Waals surface area contributed by atoms with Crippen LogP contribution >= 0.6 is 0 Å². The van der Waals surface area contributed by atoms with E-state index in [-0.39, 0.29) is 30.8 Å². The fraction of sp³-hybridized carbons (Fsp3) is 0.462. The van der Waals surface area contributed by atoms with Gasteiger partial charge in [-0.2, -0.15) is 0 Å². The van der Waals surface area contributed by atoms with Gasteiger partial charge in [0.25, 0.3) is 0 Å². The van der Waals surface area contributed by atoms with Gasteiger partial charge < -0.3 is 10.2 Å². The normalized spacial score (nSPS) is 12.3. The van der Waals surface area contributed by atoms with Crippen LogP contribution in [0.25, 0.3) is 0 Å². The molecule has 0 saturated heterocycles. The monoisotopic (exact) mass is 487 g/mol. The minimum atomic E-state index is -3.49. The summed E-state index contributed by atoms with van der Waals surface area (Å²) in [5, 5.41) is 2.92. The summed E-state index contributed by atoms with van der Waals surface area (Å²) in [5.41, 5.74) is 2.59. The maximum atomic E-state index is 13.4. The maximum absolute atomic E-state index is 13.4. The van der Waals surface area contributed by atoms with E-state index in [1.165, 1.54) is 4.31 Å². The van der Waals surface area contributed by atoms with Crippen molar-refractivity contribution >= 4 is 27.5 Å². The summed E-state index contributed by atoms with van der Waals surface area (Å²) in [5.74, 6) is -0.350. The molecule has 1 atom stereocenters. The van der Waals surface area contributed by atoms with Gasteiger partial charge in [-0.25, -0.2) is 8.42 Å². The van der Waals surface area contributed by atoms with Crippen LogP contribution in [0.2, 0.25) is 0 Å². The molecule has 0 spiro atoms. The van der Waals surface area contributed by atoms with Crippen molar-refractivity contribution in [1.82, 2.24) is 10.2 Å². The van der Waals surface area contributed by atoms with Gasteiger partial charge in [-0.15, -0.1) is 0 Å². The first-order chi connectivity index (χ1) is 16.0. The molecule has 7 nitrogen and oxygen atoms in total. The molecule has 2 amide bonds. The van der Waals surface area contributed by atoms with Crippen LogP contribution in [0.15, 0.2) is 54.6 Å². The van der Waals surface area contributed by atoms with Crippen LogP contribution in [-0.4, -0.2) is 50.0 Å². The van der Waals surface area contributed by atoms with Crippen LogP contribution in [0.1, 0.15) is 51.2 Å². The van der Waals surface area contributed by atoms with E-state index < -0.39 is 16.1 Å². The average molecular weight is 488 g/mol. The topological polar surface area (TPSA) is 86.8 Å². The van der Waals surface area contributed by atoms with Gasteiger partial charge in [-0.05, 0) is 56.9 Å². The van der Waals surface area contributed by atoms with Crippen molar-refractivity contribution < 1.29 is 18.0 Å². The van der Waals surface area contributed by atoms with Crippen LogP contribution in [0.5, 0.6) is 0 Å². The zero-order chi connectivity index (χ0) is 25.3. The maximum Gasteiger partial charge on any atom is 0.243 e. The third-order valence-electron chi connectivity index (χ3n) is 5.62. The zero-order valence-corrected chi connectivity index (χ0v) is 21.6. The number of sulfonamides is 1. The first-order valence-electron chi connectivity index (χ1n) is 11.7. The second kappa shape index (κ2) is 12.6. The molecule has 2 aromatic carbocycles. The van der Waals surface area contributed by atoms with E-state index >= 15 is 0 Å². The Kier molecular flexibility index (Phi) is 10.1. The van der Waals surface area contributed by atoms with Gasteiger partial charge in [-0.3, -0.25) is 13.9 Å². The Bertz CT molecular complexity index is 1050. The number of anilines is 1. The van der Waals surface area contributed by atoms with Crippen LogP contribution in [-0.2, 0) is 26.2 Å². The molecule has 8 heteroatoms. The number of nitrogens with one attached hydrogen (secondary N) is 1. The number of hydrogen-bond acceptors (Lipinski definition) is 4. The molecule has 0 aromatic heterocycles. The van der Waals surface area contributed by atoms with Crippen LogP contribution in [0.3, 0.4) is 0 Å². The van der Waals surface area contributed by atoms with Gasteiger partial charge >= 0.3 is 0 Å². The molecule has 0 aliphatic heterocycles. The van der Waals surface area contributed by atoms with Crippen LogP contribution < -0.4 is 9.62 Å². The lowest BCUT2D eigenvalue weighted by Crippen LogP contribution is -2.50. The summed E-state index contributed by atoms with van der Waals surface area (Å²) in [4.78, 5) is 27.9. The standard InChI is InChI=1S/C26H37N3O4S/c1-6-24(26(31)27-20(2)3)28(19-22-14-11-10-13-21(22)4)25(30)17-12-18-29(34(5,32)33)23-15-8-7-9-16-23/h7-11,13-16,20,24H,6,12,17-19H2,1-5H3,(H,27,31)/t24-/m0/s1. The molecular formula is C26H37N3O4S. The van der Waals surface area contributed by atoms with E-state index in [2.05, 4.69) is 5.32 Å². The van der Waals surface area contributed by atoms with Gasteiger partial charge in [-0.1, -0.05) is 49.4 Å². The lowest BCUT2D eigenvalue weighted by Gasteiger charge is -2.32. The van der Waals surface area contributed by atoms with Crippen molar-refractivity contribution in [3.8, 4) is 0 Å². The van der Waals surface area contributed by atoms with E-state index in [1.54, 1.807) is 29.2 Å². The summed E-state index contributed by atoms with van der Waals surface area (Å²) < 4.78 is 26.0. The Morgan fingerprint density at radius 1 is 1.00 bits per heavy atom. The van der Waals surface area contributed by atoms with E-state index in [4.69, 9.17) is 0 Å². The molecule has 1 N–H and O–H groups in total. The highest BCUT2D eigenvalue weighted by molar-refractivity contribution is 7.92. The summed E-state index contributed by atoms with van der Waals surface area (Å²) in [6.07, 6.45) is 2.12. The number of carbonyl (C=O) groups excluding carboxylic acids is 2. The Hall–Kier alpha value is -2.87. The first kappa shape index (κ1) is 27.4. The van der Waals surface area contributed by atoms with Gasteiger partial charge in [0.1, 0.15) is 6.04 Å². The van der Waals surface area contributed by atoms with E-state index in [9.17, 15) is 18.0 Å². The van der Waals surface area contributed by atoms with E-state index in [0.29, 0.717) is 25.1 Å². The van der Waals surface area contributed by atoms with Crippen molar-refractivity contribution in [2.75, 3.05) is 17.1 Å². The van der Waals surface area contributed by atoms with Crippen molar-refractivity contribution in [3.63, 3.8) is 0 Å². The van der Waals surface area contributed by atoms with Gasteiger partial charge in [0.15, 0.2) is 0 Å². The number of benzene rings is 2. The van der Waals surface area contributed by atoms with Crippen molar-refractivity contribution in [1.29, 1.82) is 0 Å². The lowest BCUT2D eigenvalue weighted by molar-refractivity contribution is -0.141. The van der Waals surface area contributed by atoms with E-state index in [1.807, 2.05) is 58.0 Å². The molecular weight excluding hydrogens is 450 g/mol. The second-order valence-corrected chi connectivity index (χ2v) is 10.7. The minimum absolute atomic E-state index is 0.0360. The first-order valence-corrected chi connectivity index (χ1v) is 13.6. The molecule has 0 aliphatic rings. The fourth-order valence-corrected chi connectivity index (χ4v) is 4.83. The molecule has 186 valence electrons. The molecule has 34 heavy (non-hydrogen) atoms. The summed E-state index contributed by atoms with van der Waals surface area (Å²) in [6.45, 7) is 8.16. The highest BCUT2D eigenvalue weighted by Gasteiger charge is 2.29. The van der Waals surface area contributed by atoms with Crippen molar-refractivity contribution in [2.24, 2.45) is 0 Å². The third-order valence-corrected chi connectivity index (χ3v) is 6.81. The Morgan fingerprint density at radius 3 is 2.18 bits per heavy atom. The molecule has 0 bridgehead atoms.